The summed E-state index contributed by atoms with van der Waals surface area (Å²) in [7, 11) is 0. The van der Waals surface area contributed by atoms with E-state index in [0.717, 1.165) is 5.56 Å². The molecule has 2 aromatic rings. The Hall–Kier alpha value is -2.57. The standard InChI is InChI=1S/C19H20N2O/c1-3-13-20-14-19(22)21-15(2)16-9-11-18(12-10-16)17-7-5-4-6-8-17/h1,4-12,15,20H,13-14H2,2H3,(H,21,22). The van der Waals surface area contributed by atoms with Gasteiger partial charge in [-0.25, -0.2) is 0 Å². The van der Waals surface area contributed by atoms with E-state index >= 15 is 0 Å². The first-order valence-corrected chi connectivity index (χ1v) is 7.29. The first kappa shape index (κ1) is 15.8. The molecule has 0 saturated heterocycles. The summed E-state index contributed by atoms with van der Waals surface area (Å²) in [6, 6.07) is 18.4. The molecule has 3 heteroatoms. The highest BCUT2D eigenvalue weighted by Gasteiger charge is 2.09. The average molecular weight is 292 g/mol. The van der Waals surface area contributed by atoms with Gasteiger partial charge in [0.05, 0.1) is 19.1 Å². The highest BCUT2D eigenvalue weighted by atomic mass is 16.1. The molecule has 2 aromatic carbocycles. The molecule has 0 heterocycles. The van der Waals surface area contributed by atoms with Crippen molar-refractivity contribution in [1.82, 2.24) is 10.6 Å². The number of carbonyl (C=O) groups is 1. The lowest BCUT2D eigenvalue weighted by atomic mass is 10.0. The van der Waals surface area contributed by atoms with Gasteiger partial charge in [0.2, 0.25) is 5.91 Å². The molecule has 0 aromatic heterocycles. The molecule has 0 radical (unpaired) electrons. The summed E-state index contributed by atoms with van der Waals surface area (Å²) in [5.41, 5.74) is 3.42. The van der Waals surface area contributed by atoms with Crippen LogP contribution in [0.15, 0.2) is 54.6 Å². The molecular weight excluding hydrogens is 272 g/mol. The van der Waals surface area contributed by atoms with Crippen molar-refractivity contribution in [2.24, 2.45) is 0 Å². The minimum absolute atomic E-state index is 0.0371. The Labute approximate surface area is 131 Å². The van der Waals surface area contributed by atoms with Crippen LogP contribution in [-0.4, -0.2) is 19.0 Å². The molecule has 112 valence electrons. The van der Waals surface area contributed by atoms with Gasteiger partial charge in [-0.3, -0.25) is 10.1 Å². The molecule has 0 spiro atoms. The van der Waals surface area contributed by atoms with Gasteiger partial charge in [-0.2, -0.15) is 0 Å². The quantitative estimate of drug-likeness (QED) is 0.635. The highest BCUT2D eigenvalue weighted by molar-refractivity contribution is 5.78. The van der Waals surface area contributed by atoms with Crippen molar-refractivity contribution in [3.63, 3.8) is 0 Å². The maximum atomic E-state index is 11.7. The second-order valence-corrected chi connectivity index (χ2v) is 5.08. The predicted octanol–water partition coefficient (Wildman–Crippen LogP) is 2.75. The molecule has 0 fully saturated rings. The van der Waals surface area contributed by atoms with Gasteiger partial charge in [-0.15, -0.1) is 6.42 Å². The summed E-state index contributed by atoms with van der Waals surface area (Å²) in [6.07, 6.45) is 5.12. The van der Waals surface area contributed by atoms with Crippen LogP contribution in [0.4, 0.5) is 0 Å². The van der Waals surface area contributed by atoms with Crippen molar-refractivity contribution < 1.29 is 4.79 Å². The molecule has 0 saturated carbocycles. The van der Waals surface area contributed by atoms with Gasteiger partial charge in [0.15, 0.2) is 0 Å². The average Bonchev–Trinajstić information content (AvgIpc) is 2.56. The fourth-order valence-corrected chi connectivity index (χ4v) is 2.22. The summed E-state index contributed by atoms with van der Waals surface area (Å²) in [5, 5.41) is 5.82. The predicted molar refractivity (Wildman–Crippen MR) is 90.1 cm³/mol. The fraction of sp³-hybridized carbons (Fsp3) is 0.211. The van der Waals surface area contributed by atoms with Crippen molar-refractivity contribution in [2.45, 2.75) is 13.0 Å². The van der Waals surface area contributed by atoms with E-state index in [2.05, 4.69) is 40.8 Å². The fourth-order valence-electron chi connectivity index (χ4n) is 2.22. The maximum Gasteiger partial charge on any atom is 0.234 e. The number of hydrogen-bond acceptors (Lipinski definition) is 2. The van der Waals surface area contributed by atoms with Gasteiger partial charge in [-0.1, -0.05) is 60.5 Å². The SMILES string of the molecule is C#CCNCC(=O)NC(C)c1ccc(-c2ccccc2)cc1. The molecule has 2 N–H and O–H groups in total. The van der Waals surface area contributed by atoms with Crippen molar-refractivity contribution in [3.05, 3.63) is 60.2 Å². The molecule has 0 aliphatic rings. The molecule has 0 bridgehead atoms. The van der Waals surface area contributed by atoms with Crippen molar-refractivity contribution in [3.8, 4) is 23.5 Å². The Bertz CT molecular complexity index is 641. The van der Waals surface area contributed by atoms with Crippen LogP contribution >= 0.6 is 0 Å². The zero-order chi connectivity index (χ0) is 15.8. The van der Waals surface area contributed by atoms with Crippen molar-refractivity contribution in [2.75, 3.05) is 13.1 Å². The molecular formula is C19H20N2O. The third-order valence-corrected chi connectivity index (χ3v) is 3.41. The Kier molecular flexibility index (Phi) is 5.76. The molecule has 22 heavy (non-hydrogen) atoms. The van der Waals surface area contributed by atoms with E-state index in [1.165, 1.54) is 11.1 Å². The number of hydrogen-bond donors (Lipinski definition) is 2. The van der Waals surface area contributed by atoms with Crippen LogP contribution in [0.1, 0.15) is 18.5 Å². The second-order valence-electron chi connectivity index (χ2n) is 5.08. The summed E-state index contributed by atoms with van der Waals surface area (Å²) in [6.45, 7) is 2.60. The molecule has 1 atom stereocenters. The summed E-state index contributed by atoms with van der Waals surface area (Å²) in [4.78, 5) is 11.7. The Morgan fingerprint density at radius 2 is 1.73 bits per heavy atom. The Balaban J connectivity index is 1.95. The Morgan fingerprint density at radius 1 is 1.09 bits per heavy atom. The maximum absolute atomic E-state index is 11.7. The van der Waals surface area contributed by atoms with Crippen molar-refractivity contribution >= 4 is 5.91 Å². The lowest BCUT2D eigenvalue weighted by molar-refractivity contribution is -0.120. The van der Waals surface area contributed by atoms with E-state index in [0.29, 0.717) is 6.54 Å². The van der Waals surface area contributed by atoms with E-state index in [-0.39, 0.29) is 18.5 Å². The van der Waals surface area contributed by atoms with E-state index < -0.39 is 0 Å². The van der Waals surface area contributed by atoms with Crippen molar-refractivity contribution in [1.29, 1.82) is 0 Å². The summed E-state index contributed by atoms with van der Waals surface area (Å²) in [5.74, 6) is 2.38. The monoisotopic (exact) mass is 292 g/mol. The zero-order valence-electron chi connectivity index (χ0n) is 12.7. The number of nitrogens with one attached hydrogen (secondary N) is 2. The zero-order valence-corrected chi connectivity index (χ0v) is 12.7. The number of benzene rings is 2. The number of amides is 1. The number of carbonyl (C=O) groups excluding carboxylic acids is 1. The van der Waals surface area contributed by atoms with Gasteiger partial charge in [-0.05, 0) is 23.6 Å². The van der Waals surface area contributed by atoms with Crippen LogP contribution in [0.5, 0.6) is 0 Å². The molecule has 1 amide bonds. The first-order valence-electron chi connectivity index (χ1n) is 7.29. The van der Waals surface area contributed by atoms with Crippen LogP contribution in [0.25, 0.3) is 11.1 Å². The molecule has 0 aliphatic heterocycles. The normalized spacial score (nSPS) is 11.5. The van der Waals surface area contributed by atoms with Crippen LogP contribution < -0.4 is 10.6 Å². The largest absolute Gasteiger partial charge is 0.348 e. The van der Waals surface area contributed by atoms with Gasteiger partial charge in [0.1, 0.15) is 0 Å². The third kappa shape index (κ3) is 4.47. The van der Waals surface area contributed by atoms with Crippen LogP contribution in [0.3, 0.4) is 0 Å². The number of rotatable bonds is 6. The minimum Gasteiger partial charge on any atom is -0.348 e. The first-order chi connectivity index (χ1) is 10.7. The highest BCUT2D eigenvalue weighted by Crippen LogP contribution is 2.21. The summed E-state index contributed by atoms with van der Waals surface area (Å²) < 4.78 is 0. The van der Waals surface area contributed by atoms with Crippen LogP contribution in [0, 0.1) is 12.3 Å². The molecule has 2 rings (SSSR count). The van der Waals surface area contributed by atoms with E-state index in [1.807, 2.05) is 37.3 Å². The van der Waals surface area contributed by atoms with Gasteiger partial charge in [0, 0.05) is 0 Å². The third-order valence-electron chi connectivity index (χ3n) is 3.41. The second kappa shape index (κ2) is 8.02. The Morgan fingerprint density at radius 3 is 2.36 bits per heavy atom. The van der Waals surface area contributed by atoms with Crippen LogP contribution in [-0.2, 0) is 4.79 Å². The van der Waals surface area contributed by atoms with Crippen LogP contribution in [0.2, 0.25) is 0 Å². The summed E-state index contributed by atoms with van der Waals surface area (Å²) >= 11 is 0. The smallest absolute Gasteiger partial charge is 0.234 e. The van der Waals surface area contributed by atoms with E-state index in [4.69, 9.17) is 6.42 Å². The molecule has 3 nitrogen and oxygen atoms in total. The van der Waals surface area contributed by atoms with E-state index in [9.17, 15) is 4.79 Å². The lowest BCUT2D eigenvalue weighted by Gasteiger charge is -2.15. The molecule has 1 unspecified atom stereocenters. The topological polar surface area (TPSA) is 41.1 Å². The minimum atomic E-state index is -0.0603. The van der Waals surface area contributed by atoms with Gasteiger partial charge >= 0.3 is 0 Å². The van der Waals surface area contributed by atoms with Gasteiger partial charge < -0.3 is 5.32 Å². The lowest BCUT2D eigenvalue weighted by Crippen LogP contribution is -2.35. The van der Waals surface area contributed by atoms with E-state index in [1.54, 1.807) is 0 Å². The van der Waals surface area contributed by atoms with Gasteiger partial charge in [0.25, 0.3) is 0 Å². The number of terminal acetylenes is 1. The molecule has 0 aliphatic carbocycles.